The first-order chi connectivity index (χ1) is 8.13. The first kappa shape index (κ1) is 15.7. The summed E-state index contributed by atoms with van der Waals surface area (Å²) in [6.07, 6.45) is 4.57. The molecule has 0 bridgehead atoms. The van der Waals surface area contributed by atoms with E-state index in [0.717, 1.165) is 32.1 Å². The van der Waals surface area contributed by atoms with Crippen molar-refractivity contribution in [2.45, 2.75) is 46.0 Å². The molecule has 0 unspecified atom stereocenters. The maximum Gasteiger partial charge on any atom is 0.344 e. The fourth-order valence-corrected chi connectivity index (χ4v) is 1.08. The second-order valence-electron chi connectivity index (χ2n) is 3.81. The van der Waals surface area contributed by atoms with Gasteiger partial charge in [-0.05, 0) is 12.8 Å². The lowest BCUT2D eigenvalue weighted by Crippen LogP contribution is -2.18. The molecule has 98 valence electrons. The van der Waals surface area contributed by atoms with Crippen molar-refractivity contribution in [1.82, 2.24) is 0 Å². The van der Waals surface area contributed by atoms with Crippen molar-refractivity contribution in [3.05, 3.63) is 12.2 Å². The van der Waals surface area contributed by atoms with Gasteiger partial charge in [0.15, 0.2) is 0 Å². The van der Waals surface area contributed by atoms with Crippen molar-refractivity contribution < 1.29 is 19.1 Å². The lowest BCUT2D eigenvalue weighted by molar-refractivity contribution is -0.147. The number of carbonyl (C=O) groups excluding carboxylic acids is 2. The SMILES string of the molecule is C=C(C(=O)OCCCC)C(=O)OCCCCC. The molecule has 0 heterocycles. The average molecular weight is 242 g/mol. The molecule has 0 fully saturated rings. The molecule has 0 aliphatic heterocycles. The molecule has 0 N–H and O–H groups in total. The molecule has 0 radical (unpaired) electrons. The third-order valence-corrected chi connectivity index (χ3v) is 2.20. The Morgan fingerprint density at radius 3 is 1.82 bits per heavy atom. The number of rotatable bonds is 9. The van der Waals surface area contributed by atoms with Crippen molar-refractivity contribution in [3.63, 3.8) is 0 Å². The highest BCUT2D eigenvalue weighted by Crippen LogP contribution is 2.02. The van der Waals surface area contributed by atoms with Crippen molar-refractivity contribution in [2.24, 2.45) is 0 Å². The predicted molar refractivity (Wildman–Crippen MR) is 65.5 cm³/mol. The molecule has 0 atom stereocenters. The minimum Gasteiger partial charge on any atom is -0.462 e. The van der Waals surface area contributed by atoms with Crippen molar-refractivity contribution in [1.29, 1.82) is 0 Å². The highest BCUT2D eigenvalue weighted by atomic mass is 16.6. The highest BCUT2D eigenvalue weighted by Gasteiger charge is 2.18. The molecule has 0 saturated carbocycles. The molecule has 0 aliphatic rings. The Hall–Kier alpha value is -1.32. The zero-order valence-corrected chi connectivity index (χ0v) is 10.8. The summed E-state index contributed by atoms with van der Waals surface area (Å²) in [6.45, 7) is 8.08. The molecule has 0 amide bonds. The number of esters is 2. The molecule has 17 heavy (non-hydrogen) atoms. The molecule has 0 aliphatic carbocycles. The summed E-state index contributed by atoms with van der Waals surface area (Å²) in [5.74, 6) is -1.36. The van der Waals surface area contributed by atoms with E-state index in [2.05, 4.69) is 13.5 Å². The second kappa shape index (κ2) is 9.87. The van der Waals surface area contributed by atoms with Gasteiger partial charge in [-0.3, -0.25) is 0 Å². The molecule has 0 aromatic carbocycles. The number of ether oxygens (including phenoxy) is 2. The minimum absolute atomic E-state index is 0.224. The summed E-state index contributed by atoms with van der Waals surface area (Å²) in [6, 6.07) is 0. The molecule has 4 nitrogen and oxygen atoms in total. The van der Waals surface area contributed by atoms with Crippen LogP contribution in [-0.4, -0.2) is 25.2 Å². The van der Waals surface area contributed by atoms with Gasteiger partial charge in [-0.2, -0.15) is 0 Å². The topological polar surface area (TPSA) is 52.6 Å². The van der Waals surface area contributed by atoms with E-state index < -0.39 is 11.9 Å². The molecule has 0 aromatic rings. The molecule has 0 saturated heterocycles. The van der Waals surface area contributed by atoms with Gasteiger partial charge < -0.3 is 9.47 Å². The third kappa shape index (κ3) is 7.55. The maximum atomic E-state index is 11.4. The zero-order chi connectivity index (χ0) is 13.1. The zero-order valence-electron chi connectivity index (χ0n) is 10.8. The Kier molecular flexibility index (Phi) is 9.11. The van der Waals surface area contributed by atoms with Crippen LogP contribution in [0.15, 0.2) is 12.2 Å². The van der Waals surface area contributed by atoms with E-state index in [9.17, 15) is 9.59 Å². The van der Waals surface area contributed by atoms with Crippen LogP contribution in [0.1, 0.15) is 46.0 Å². The number of carbonyl (C=O) groups is 2. The Morgan fingerprint density at radius 1 is 0.882 bits per heavy atom. The fraction of sp³-hybridized carbons (Fsp3) is 0.692. The van der Waals surface area contributed by atoms with Gasteiger partial charge in [-0.15, -0.1) is 0 Å². The van der Waals surface area contributed by atoms with Gasteiger partial charge in [0.25, 0.3) is 0 Å². The average Bonchev–Trinajstić information content (AvgIpc) is 2.33. The van der Waals surface area contributed by atoms with E-state index in [4.69, 9.17) is 9.47 Å². The lowest BCUT2D eigenvalue weighted by atomic mass is 10.2. The Labute approximate surface area is 103 Å². The van der Waals surface area contributed by atoms with E-state index in [1.54, 1.807) is 0 Å². The Balaban J connectivity index is 3.79. The summed E-state index contributed by atoms with van der Waals surface area (Å²) in [5.41, 5.74) is -0.224. The quantitative estimate of drug-likeness (QED) is 0.205. The summed E-state index contributed by atoms with van der Waals surface area (Å²) in [5, 5.41) is 0. The van der Waals surface area contributed by atoms with E-state index in [1.165, 1.54) is 0 Å². The van der Waals surface area contributed by atoms with Crippen molar-refractivity contribution in [3.8, 4) is 0 Å². The summed E-state index contributed by atoms with van der Waals surface area (Å²) in [4.78, 5) is 22.7. The normalized spacial score (nSPS) is 9.76. The monoisotopic (exact) mass is 242 g/mol. The van der Waals surface area contributed by atoms with Gasteiger partial charge in [-0.25, -0.2) is 9.59 Å². The number of hydrogen-bond acceptors (Lipinski definition) is 4. The van der Waals surface area contributed by atoms with Crippen LogP contribution in [0.25, 0.3) is 0 Å². The predicted octanol–water partition coefficient (Wildman–Crippen LogP) is 2.62. The maximum absolute atomic E-state index is 11.4. The third-order valence-electron chi connectivity index (χ3n) is 2.20. The van der Waals surface area contributed by atoms with Crippen LogP contribution in [0, 0.1) is 0 Å². The summed E-state index contributed by atoms with van der Waals surface area (Å²) >= 11 is 0. The van der Waals surface area contributed by atoms with Crippen LogP contribution in [0.5, 0.6) is 0 Å². The lowest BCUT2D eigenvalue weighted by Gasteiger charge is -2.07. The first-order valence-electron chi connectivity index (χ1n) is 6.16. The van der Waals surface area contributed by atoms with Crippen molar-refractivity contribution in [2.75, 3.05) is 13.2 Å². The van der Waals surface area contributed by atoms with Gasteiger partial charge in [0.2, 0.25) is 0 Å². The second-order valence-corrected chi connectivity index (χ2v) is 3.81. The number of unbranched alkanes of at least 4 members (excludes halogenated alkanes) is 3. The van der Waals surface area contributed by atoms with Crippen LogP contribution >= 0.6 is 0 Å². The Morgan fingerprint density at radius 2 is 1.35 bits per heavy atom. The number of hydrogen-bond donors (Lipinski definition) is 0. The summed E-state index contributed by atoms with van der Waals surface area (Å²) in [7, 11) is 0. The highest BCUT2D eigenvalue weighted by molar-refractivity contribution is 6.13. The van der Waals surface area contributed by atoms with Crippen LogP contribution in [0.4, 0.5) is 0 Å². The largest absolute Gasteiger partial charge is 0.462 e. The molecule has 0 spiro atoms. The van der Waals surface area contributed by atoms with Gasteiger partial charge in [-0.1, -0.05) is 39.7 Å². The van der Waals surface area contributed by atoms with E-state index >= 15 is 0 Å². The van der Waals surface area contributed by atoms with Gasteiger partial charge in [0.1, 0.15) is 5.57 Å². The van der Waals surface area contributed by atoms with E-state index in [1.807, 2.05) is 6.92 Å². The van der Waals surface area contributed by atoms with Gasteiger partial charge in [0.05, 0.1) is 13.2 Å². The van der Waals surface area contributed by atoms with Crippen molar-refractivity contribution >= 4 is 11.9 Å². The molecular weight excluding hydrogens is 220 g/mol. The Bertz CT molecular complexity index is 258. The standard InChI is InChI=1S/C13H22O4/c1-4-6-8-10-17-13(15)11(3)12(14)16-9-7-5-2/h3-10H2,1-2H3. The van der Waals surface area contributed by atoms with Crippen LogP contribution < -0.4 is 0 Å². The van der Waals surface area contributed by atoms with Gasteiger partial charge >= 0.3 is 11.9 Å². The van der Waals surface area contributed by atoms with E-state index in [-0.39, 0.29) is 5.57 Å². The molecule has 0 aromatic heterocycles. The van der Waals surface area contributed by atoms with Gasteiger partial charge in [0, 0.05) is 0 Å². The smallest absolute Gasteiger partial charge is 0.344 e. The first-order valence-corrected chi connectivity index (χ1v) is 6.16. The summed E-state index contributed by atoms with van der Waals surface area (Å²) < 4.78 is 9.75. The molecular formula is C13H22O4. The van der Waals surface area contributed by atoms with Crippen LogP contribution in [0.3, 0.4) is 0 Å². The van der Waals surface area contributed by atoms with E-state index in [0.29, 0.717) is 13.2 Å². The fourth-order valence-electron chi connectivity index (χ4n) is 1.08. The molecule has 4 heteroatoms. The molecule has 0 rings (SSSR count). The van der Waals surface area contributed by atoms with Crippen LogP contribution in [0.2, 0.25) is 0 Å². The van der Waals surface area contributed by atoms with Crippen LogP contribution in [-0.2, 0) is 19.1 Å². The minimum atomic E-state index is -0.682.